The molecule has 2 aromatic heterocycles. The van der Waals surface area contributed by atoms with Crippen molar-refractivity contribution in [2.45, 2.75) is 13.5 Å². The summed E-state index contributed by atoms with van der Waals surface area (Å²) in [5.74, 6) is 0.0267. The third kappa shape index (κ3) is 2.80. The Hall–Kier alpha value is -3.35. The molecular formula is C18H15FN6. The fraction of sp³-hybridized carbons (Fsp3) is 0.111. The summed E-state index contributed by atoms with van der Waals surface area (Å²) in [6, 6.07) is 14.1. The number of nitrogens with zero attached hydrogens (tertiary/aromatic N) is 5. The van der Waals surface area contributed by atoms with Gasteiger partial charge < -0.3 is 4.57 Å². The molecule has 0 aliphatic heterocycles. The van der Waals surface area contributed by atoms with Crippen LogP contribution in [0, 0.1) is 5.82 Å². The maximum Gasteiger partial charge on any atom is 0.265 e. The highest BCUT2D eigenvalue weighted by Gasteiger charge is 2.13. The van der Waals surface area contributed by atoms with Gasteiger partial charge in [-0.25, -0.2) is 9.82 Å². The van der Waals surface area contributed by atoms with E-state index in [1.165, 1.54) is 12.1 Å². The Morgan fingerprint density at radius 1 is 1.12 bits per heavy atom. The molecule has 6 nitrogen and oxygen atoms in total. The molecule has 0 fully saturated rings. The number of aryl methyl sites for hydroxylation is 1. The van der Waals surface area contributed by atoms with E-state index in [-0.39, 0.29) is 5.82 Å². The lowest BCUT2D eigenvalue weighted by atomic mass is 10.2. The van der Waals surface area contributed by atoms with E-state index in [0.717, 1.165) is 34.2 Å². The van der Waals surface area contributed by atoms with Gasteiger partial charge in [-0.1, -0.05) is 30.3 Å². The topological polar surface area (TPSA) is 68.0 Å². The van der Waals surface area contributed by atoms with Crippen molar-refractivity contribution in [2.24, 2.45) is 5.10 Å². The van der Waals surface area contributed by atoms with E-state index < -0.39 is 0 Å². The number of aromatic nitrogens is 4. The molecule has 2 heterocycles. The molecule has 0 saturated carbocycles. The van der Waals surface area contributed by atoms with Crippen molar-refractivity contribution >= 4 is 34.2 Å². The van der Waals surface area contributed by atoms with Crippen LogP contribution in [-0.2, 0) is 6.54 Å². The van der Waals surface area contributed by atoms with E-state index in [0.29, 0.717) is 5.95 Å². The largest absolute Gasteiger partial charge is 0.324 e. The minimum absolute atomic E-state index is 0.282. The maximum atomic E-state index is 12.9. The molecule has 4 aromatic rings. The zero-order valence-electron chi connectivity index (χ0n) is 13.5. The van der Waals surface area contributed by atoms with Gasteiger partial charge in [-0.2, -0.15) is 10.1 Å². The Morgan fingerprint density at radius 3 is 2.72 bits per heavy atom. The summed E-state index contributed by atoms with van der Waals surface area (Å²) >= 11 is 0. The van der Waals surface area contributed by atoms with Crippen LogP contribution in [0.15, 0.2) is 53.6 Å². The molecule has 0 aliphatic rings. The van der Waals surface area contributed by atoms with E-state index in [9.17, 15) is 4.39 Å². The van der Waals surface area contributed by atoms with Gasteiger partial charge in [-0.3, -0.25) is 0 Å². The van der Waals surface area contributed by atoms with Crippen LogP contribution in [0.25, 0.3) is 22.1 Å². The molecule has 25 heavy (non-hydrogen) atoms. The molecule has 4 rings (SSSR count). The van der Waals surface area contributed by atoms with Gasteiger partial charge in [0.05, 0.1) is 11.7 Å². The highest BCUT2D eigenvalue weighted by Crippen LogP contribution is 2.25. The maximum absolute atomic E-state index is 12.9. The molecule has 0 unspecified atom stereocenters. The number of hydrogen-bond acceptors (Lipinski definition) is 5. The first-order chi connectivity index (χ1) is 12.3. The lowest BCUT2D eigenvalue weighted by Gasteiger charge is -2.02. The fourth-order valence-electron chi connectivity index (χ4n) is 2.78. The molecule has 0 amide bonds. The molecule has 0 saturated heterocycles. The molecule has 124 valence electrons. The number of para-hydroxylation sites is 1. The average molecular weight is 334 g/mol. The van der Waals surface area contributed by atoms with E-state index in [1.807, 2.05) is 24.3 Å². The Labute approximate surface area is 143 Å². The van der Waals surface area contributed by atoms with E-state index in [1.54, 1.807) is 18.3 Å². The molecular weight excluding hydrogens is 319 g/mol. The molecule has 1 N–H and O–H groups in total. The van der Waals surface area contributed by atoms with Crippen LogP contribution in [0.5, 0.6) is 0 Å². The minimum atomic E-state index is -0.282. The smallest absolute Gasteiger partial charge is 0.265 e. The predicted molar refractivity (Wildman–Crippen MR) is 96.1 cm³/mol. The summed E-state index contributed by atoms with van der Waals surface area (Å²) in [5.41, 5.74) is 6.15. The first-order valence-electron chi connectivity index (χ1n) is 7.92. The normalized spacial score (nSPS) is 11.6. The van der Waals surface area contributed by atoms with Crippen LogP contribution in [0.3, 0.4) is 0 Å². The van der Waals surface area contributed by atoms with Gasteiger partial charge in [-0.05, 0) is 30.7 Å². The van der Waals surface area contributed by atoms with Crippen molar-refractivity contribution in [2.75, 3.05) is 5.43 Å². The van der Waals surface area contributed by atoms with Gasteiger partial charge in [0.2, 0.25) is 0 Å². The minimum Gasteiger partial charge on any atom is -0.324 e. The highest BCUT2D eigenvalue weighted by atomic mass is 19.1. The second-order valence-electron chi connectivity index (χ2n) is 5.49. The van der Waals surface area contributed by atoms with Crippen molar-refractivity contribution in [3.63, 3.8) is 0 Å². The van der Waals surface area contributed by atoms with Crippen molar-refractivity contribution < 1.29 is 4.39 Å². The number of rotatable bonds is 4. The number of halogens is 1. The number of anilines is 1. The number of nitrogens with one attached hydrogen (secondary N) is 1. The molecule has 0 bridgehead atoms. The number of fused-ring (bicyclic) bond motifs is 3. The van der Waals surface area contributed by atoms with Crippen molar-refractivity contribution in [3.8, 4) is 0 Å². The van der Waals surface area contributed by atoms with Crippen LogP contribution in [0.2, 0.25) is 0 Å². The van der Waals surface area contributed by atoms with Crippen LogP contribution in [0.4, 0.5) is 10.3 Å². The predicted octanol–water partition coefficient (Wildman–Crippen LogP) is 3.58. The lowest BCUT2D eigenvalue weighted by molar-refractivity contribution is 0.628. The Morgan fingerprint density at radius 2 is 1.92 bits per heavy atom. The zero-order valence-corrected chi connectivity index (χ0v) is 13.5. The number of benzene rings is 2. The van der Waals surface area contributed by atoms with Crippen molar-refractivity contribution in [1.29, 1.82) is 0 Å². The van der Waals surface area contributed by atoms with E-state index >= 15 is 0 Å². The van der Waals surface area contributed by atoms with Crippen molar-refractivity contribution in [1.82, 2.24) is 19.7 Å². The van der Waals surface area contributed by atoms with E-state index in [2.05, 4.69) is 37.2 Å². The molecule has 0 aliphatic carbocycles. The number of hydrazone groups is 1. The van der Waals surface area contributed by atoms with Crippen LogP contribution in [0.1, 0.15) is 12.5 Å². The van der Waals surface area contributed by atoms with Crippen LogP contribution in [-0.4, -0.2) is 26.0 Å². The van der Waals surface area contributed by atoms with Gasteiger partial charge in [0, 0.05) is 11.9 Å². The summed E-state index contributed by atoms with van der Waals surface area (Å²) in [4.78, 5) is 4.53. The second-order valence-corrected chi connectivity index (χ2v) is 5.49. The van der Waals surface area contributed by atoms with E-state index in [4.69, 9.17) is 0 Å². The first kappa shape index (κ1) is 15.2. The summed E-state index contributed by atoms with van der Waals surface area (Å²) in [5, 5.41) is 13.5. The SMILES string of the molecule is CCn1c2ccccc2c2nnc(N/N=C/c3ccc(F)cc3)nc21. The van der Waals surface area contributed by atoms with Crippen molar-refractivity contribution in [3.05, 3.63) is 59.9 Å². The van der Waals surface area contributed by atoms with Gasteiger partial charge in [-0.15, -0.1) is 10.2 Å². The molecule has 0 atom stereocenters. The molecule has 2 aromatic carbocycles. The summed E-state index contributed by atoms with van der Waals surface area (Å²) in [7, 11) is 0. The number of hydrogen-bond donors (Lipinski definition) is 1. The average Bonchev–Trinajstić information content (AvgIpc) is 2.96. The monoisotopic (exact) mass is 334 g/mol. The van der Waals surface area contributed by atoms with Crippen LogP contribution >= 0.6 is 0 Å². The quantitative estimate of drug-likeness (QED) is 0.457. The van der Waals surface area contributed by atoms with Gasteiger partial charge in [0.25, 0.3) is 5.95 Å². The Kier molecular flexibility index (Phi) is 3.81. The third-order valence-electron chi connectivity index (χ3n) is 3.94. The highest BCUT2D eigenvalue weighted by molar-refractivity contribution is 6.04. The lowest BCUT2D eigenvalue weighted by Crippen LogP contribution is -2.02. The summed E-state index contributed by atoms with van der Waals surface area (Å²) < 4.78 is 15.0. The summed E-state index contributed by atoms with van der Waals surface area (Å²) in [6.07, 6.45) is 1.57. The fourth-order valence-corrected chi connectivity index (χ4v) is 2.78. The summed E-state index contributed by atoms with van der Waals surface area (Å²) in [6.45, 7) is 2.84. The standard InChI is InChI=1S/C18H15FN6/c1-2-25-15-6-4-3-5-14(15)16-17(25)21-18(24-22-16)23-20-11-12-7-9-13(19)10-8-12/h3-11H,2H2,1H3,(H,21,23,24)/b20-11+. The third-order valence-corrected chi connectivity index (χ3v) is 3.94. The molecule has 0 spiro atoms. The van der Waals surface area contributed by atoms with Gasteiger partial charge >= 0.3 is 0 Å². The van der Waals surface area contributed by atoms with Gasteiger partial charge in [0.15, 0.2) is 5.65 Å². The molecule has 0 radical (unpaired) electrons. The van der Waals surface area contributed by atoms with Gasteiger partial charge in [0.1, 0.15) is 11.3 Å². The first-order valence-corrected chi connectivity index (χ1v) is 7.92. The second kappa shape index (κ2) is 6.27. The Balaban J connectivity index is 1.67. The van der Waals surface area contributed by atoms with Crippen LogP contribution < -0.4 is 5.43 Å². The molecule has 7 heteroatoms. The Bertz CT molecular complexity index is 1070. The zero-order chi connectivity index (χ0) is 17.2.